The Balaban J connectivity index is 2.02. The SMILES string of the molecule is COc1cccc(-c2csc(NC(=O)c3cc(Br)c(Br)c(OC)c3Br)c2C(=O)O)c1. The molecule has 2 N–H and O–H groups in total. The molecule has 0 fully saturated rings. The first-order chi connectivity index (χ1) is 14.3. The predicted octanol–water partition coefficient (Wildman–Crippen LogP) is 6.67. The van der Waals surface area contributed by atoms with E-state index in [2.05, 4.69) is 53.1 Å². The van der Waals surface area contributed by atoms with Crippen LogP contribution < -0.4 is 14.8 Å². The molecule has 1 aromatic heterocycles. The van der Waals surface area contributed by atoms with Crippen molar-refractivity contribution in [2.45, 2.75) is 0 Å². The van der Waals surface area contributed by atoms with Gasteiger partial charge in [-0.1, -0.05) is 12.1 Å². The van der Waals surface area contributed by atoms with Crippen molar-refractivity contribution in [3.05, 3.63) is 60.3 Å². The number of carboxylic acid groups (broad SMARTS) is 1. The van der Waals surface area contributed by atoms with Gasteiger partial charge in [-0.3, -0.25) is 4.79 Å². The van der Waals surface area contributed by atoms with Crippen molar-refractivity contribution in [3.63, 3.8) is 0 Å². The summed E-state index contributed by atoms with van der Waals surface area (Å²) in [6.45, 7) is 0. The lowest BCUT2D eigenvalue weighted by atomic mass is 10.0. The summed E-state index contributed by atoms with van der Waals surface area (Å²) in [5.74, 6) is -0.569. The van der Waals surface area contributed by atoms with Crippen LogP contribution in [0.15, 0.2) is 49.1 Å². The lowest BCUT2D eigenvalue weighted by molar-refractivity contribution is 0.0699. The number of hydrogen-bond acceptors (Lipinski definition) is 5. The Kier molecular flexibility index (Phi) is 7.22. The summed E-state index contributed by atoms with van der Waals surface area (Å²) >= 11 is 11.3. The Morgan fingerprint density at radius 2 is 1.80 bits per heavy atom. The Morgan fingerprint density at radius 1 is 1.07 bits per heavy atom. The first-order valence-corrected chi connectivity index (χ1v) is 11.6. The minimum absolute atomic E-state index is 0.0147. The van der Waals surface area contributed by atoms with Crippen LogP contribution in [-0.4, -0.2) is 31.2 Å². The zero-order chi connectivity index (χ0) is 22.0. The van der Waals surface area contributed by atoms with E-state index in [0.29, 0.717) is 36.0 Å². The quantitative estimate of drug-likeness (QED) is 0.301. The van der Waals surface area contributed by atoms with Crippen LogP contribution in [0.3, 0.4) is 0 Å². The highest BCUT2D eigenvalue weighted by atomic mass is 79.9. The van der Waals surface area contributed by atoms with Gasteiger partial charge in [0.15, 0.2) is 0 Å². The zero-order valence-electron chi connectivity index (χ0n) is 15.6. The van der Waals surface area contributed by atoms with Crippen molar-refractivity contribution in [3.8, 4) is 22.6 Å². The minimum Gasteiger partial charge on any atom is -0.497 e. The highest BCUT2D eigenvalue weighted by Crippen LogP contribution is 2.42. The van der Waals surface area contributed by atoms with Crippen LogP contribution in [0.5, 0.6) is 11.5 Å². The monoisotopic (exact) mass is 617 g/mol. The van der Waals surface area contributed by atoms with E-state index in [1.165, 1.54) is 7.11 Å². The average molecular weight is 620 g/mol. The number of amides is 1. The third-order valence-electron chi connectivity index (χ3n) is 4.18. The number of thiophene rings is 1. The van der Waals surface area contributed by atoms with Crippen molar-refractivity contribution < 1.29 is 24.2 Å². The molecule has 0 aliphatic carbocycles. The molecule has 1 heterocycles. The Hall–Kier alpha value is -1.88. The Morgan fingerprint density at radius 3 is 2.43 bits per heavy atom. The van der Waals surface area contributed by atoms with Gasteiger partial charge in [0.1, 0.15) is 22.1 Å². The normalized spacial score (nSPS) is 10.6. The van der Waals surface area contributed by atoms with E-state index in [4.69, 9.17) is 9.47 Å². The largest absolute Gasteiger partial charge is 0.497 e. The average Bonchev–Trinajstić information content (AvgIpc) is 3.15. The minimum atomic E-state index is -1.14. The molecular weight excluding hydrogens is 606 g/mol. The van der Waals surface area contributed by atoms with Gasteiger partial charge in [0.2, 0.25) is 0 Å². The molecule has 156 valence electrons. The maximum absolute atomic E-state index is 12.9. The number of carboxylic acids is 1. The first-order valence-electron chi connectivity index (χ1n) is 8.30. The number of hydrogen-bond donors (Lipinski definition) is 2. The summed E-state index contributed by atoms with van der Waals surface area (Å²) < 4.78 is 12.3. The van der Waals surface area contributed by atoms with E-state index in [0.717, 1.165) is 11.3 Å². The molecule has 0 spiro atoms. The molecule has 3 rings (SSSR count). The van der Waals surface area contributed by atoms with Crippen LogP contribution >= 0.6 is 59.1 Å². The fraction of sp³-hybridized carbons (Fsp3) is 0.100. The fourth-order valence-electron chi connectivity index (χ4n) is 2.76. The predicted molar refractivity (Wildman–Crippen MR) is 127 cm³/mol. The summed E-state index contributed by atoms with van der Waals surface area (Å²) in [5.41, 5.74) is 1.48. The summed E-state index contributed by atoms with van der Waals surface area (Å²) in [6.07, 6.45) is 0. The lowest BCUT2D eigenvalue weighted by Gasteiger charge is -2.13. The molecule has 6 nitrogen and oxygen atoms in total. The highest BCUT2D eigenvalue weighted by Gasteiger charge is 2.24. The van der Waals surface area contributed by atoms with Crippen molar-refractivity contribution in [1.29, 1.82) is 0 Å². The maximum atomic E-state index is 12.9. The number of anilines is 1. The first kappa shape index (κ1) is 22.8. The second-order valence-corrected chi connectivity index (χ2v) is 9.23. The summed E-state index contributed by atoms with van der Waals surface area (Å²) in [5, 5.41) is 14.4. The molecule has 3 aromatic rings. The van der Waals surface area contributed by atoms with Crippen LogP contribution in [-0.2, 0) is 0 Å². The molecule has 10 heteroatoms. The standard InChI is InChI=1S/C20H14Br3NO5S/c1-28-10-5-3-4-9(6-10)12-8-30-19(14(12)20(26)27)24-18(25)11-7-13(21)16(23)17(29-2)15(11)22/h3-8H,1-2H3,(H,24,25)(H,26,27). The molecule has 0 radical (unpaired) electrons. The molecule has 0 bridgehead atoms. The van der Waals surface area contributed by atoms with Crippen molar-refractivity contribution in [2.24, 2.45) is 0 Å². The molecule has 2 aromatic carbocycles. The van der Waals surface area contributed by atoms with Gasteiger partial charge in [0.05, 0.1) is 28.7 Å². The maximum Gasteiger partial charge on any atom is 0.339 e. The second kappa shape index (κ2) is 9.51. The number of ether oxygens (including phenoxy) is 2. The number of nitrogens with one attached hydrogen (secondary N) is 1. The van der Waals surface area contributed by atoms with E-state index >= 15 is 0 Å². The lowest BCUT2D eigenvalue weighted by Crippen LogP contribution is -2.14. The second-order valence-electron chi connectivity index (χ2n) is 5.91. The van der Waals surface area contributed by atoms with Crippen molar-refractivity contribution in [2.75, 3.05) is 19.5 Å². The van der Waals surface area contributed by atoms with Crippen LogP contribution in [0.1, 0.15) is 20.7 Å². The Labute approximate surface area is 201 Å². The van der Waals surface area contributed by atoms with Gasteiger partial charge in [-0.05, 0) is 71.6 Å². The van der Waals surface area contributed by atoms with E-state index in [9.17, 15) is 14.7 Å². The fourth-order valence-corrected chi connectivity index (χ4v) is 5.52. The highest BCUT2D eigenvalue weighted by molar-refractivity contribution is 9.13. The van der Waals surface area contributed by atoms with E-state index in [1.807, 2.05) is 0 Å². The van der Waals surface area contributed by atoms with Gasteiger partial charge >= 0.3 is 5.97 Å². The smallest absolute Gasteiger partial charge is 0.339 e. The summed E-state index contributed by atoms with van der Waals surface area (Å²) in [4.78, 5) is 24.9. The van der Waals surface area contributed by atoms with Crippen molar-refractivity contribution in [1.82, 2.24) is 0 Å². The van der Waals surface area contributed by atoms with Gasteiger partial charge in [-0.25, -0.2) is 4.79 Å². The van der Waals surface area contributed by atoms with Gasteiger partial charge in [0.25, 0.3) is 5.91 Å². The van der Waals surface area contributed by atoms with Crippen LogP contribution in [0.4, 0.5) is 5.00 Å². The molecule has 30 heavy (non-hydrogen) atoms. The number of rotatable bonds is 6. The van der Waals surface area contributed by atoms with Crippen LogP contribution in [0, 0.1) is 0 Å². The van der Waals surface area contributed by atoms with Crippen LogP contribution in [0.25, 0.3) is 11.1 Å². The molecule has 0 unspecified atom stereocenters. The molecule has 0 saturated carbocycles. The number of halogens is 3. The van der Waals surface area contributed by atoms with Gasteiger partial charge in [0, 0.05) is 15.4 Å². The van der Waals surface area contributed by atoms with Gasteiger partial charge < -0.3 is 19.9 Å². The number of carbonyl (C=O) groups excluding carboxylic acids is 1. The van der Waals surface area contributed by atoms with Crippen LogP contribution in [0.2, 0.25) is 0 Å². The summed E-state index contributed by atoms with van der Waals surface area (Å²) in [6, 6.07) is 8.69. The number of benzene rings is 2. The van der Waals surface area contributed by atoms with Crippen molar-refractivity contribution >= 4 is 76.0 Å². The molecule has 1 amide bonds. The molecule has 0 saturated heterocycles. The number of aromatic carboxylic acids is 1. The third-order valence-corrected chi connectivity index (χ3v) is 7.80. The third kappa shape index (κ3) is 4.41. The van der Waals surface area contributed by atoms with E-state index in [1.54, 1.807) is 42.8 Å². The molecule has 0 aliphatic heterocycles. The summed E-state index contributed by atoms with van der Waals surface area (Å²) in [7, 11) is 3.03. The number of carbonyl (C=O) groups is 2. The van der Waals surface area contributed by atoms with E-state index < -0.39 is 11.9 Å². The topological polar surface area (TPSA) is 84.9 Å². The number of methoxy groups -OCH3 is 2. The Bertz CT molecular complexity index is 1150. The van der Waals surface area contributed by atoms with Gasteiger partial charge in [-0.2, -0.15) is 0 Å². The zero-order valence-corrected chi connectivity index (χ0v) is 21.2. The van der Waals surface area contributed by atoms with Gasteiger partial charge in [-0.15, -0.1) is 11.3 Å². The molecular formula is C20H14Br3NO5S. The van der Waals surface area contributed by atoms with E-state index in [-0.39, 0.29) is 16.1 Å². The molecule has 0 atom stereocenters. The molecule has 0 aliphatic rings.